The number of rotatable bonds is 1. The molecule has 0 aromatic carbocycles. The molecule has 1 aliphatic heterocycles. The SMILES string of the molecule is CCN1CC=Cc2c(C)ncnc21. The molecule has 0 radical (unpaired) electrons. The molecule has 2 heterocycles. The Labute approximate surface area is 78.1 Å². The van der Waals surface area contributed by atoms with Gasteiger partial charge in [-0.3, -0.25) is 0 Å². The van der Waals surface area contributed by atoms with Crippen LogP contribution in [0.5, 0.6) is 0 Å². The molecule has 0 atom stereocenters. The van der Waals surface area contributed by atoms with Crippen LogP contribution in [0.15, 0.2) is 12.4 Å². The first-order chi connectivity index (χ1) is 6.33. The van der Waals surface area contributed by atoms with E-state index >= 15 is 0 Å². The van der Waals surface area contributed by atoms with Gasteiger partial charge in [0.05, 0.1) is 5.69 Å². The summed E-state index contributed by atoms with van der Waals surface area (Å²) in [4.78, 5) is 10.7. The van der Waals surface area contributed by atoms with Crippen LogP contribution in [0.4, 0.5) is 5.82 Å². The normalized spacial score (nSPS) is 14.5. The molecule has 0 N–H and O–H groups in total. The third kappa shape index (κ3) is 1.30. The molecule has 3 heteroatoms. The zero-order chi connectivity index (χ0) is 9.26. The van der Waals surface area contributed by atoms with Crippen LogP contribution in [0.25, 0.3) is 6.08 Å². The Hall–Kier alpha value is -1.38. The molecule has 0 aliphatic carbocycles. The van der Waals surface area contributed by atoms with Crippen molar-refractivity contribution in [2.75, 3.05) is 18.0 Å². The molecule has 1 aromatic heterocycles. The van der Waals surface area contributed by atoms with Gasteiger partial charge in [-0.05, 0) is 13.8 Å². The lowest BCUT2D eigenvalue weighted by Gasteiger charge is -2.25. The number of likely N-dealkylation sites (N-methyl/N-ethyl adjacent to an activating group) is 1. The Balaban J connectivity index is 2.53. The van der Waals surface area contributed by atoms with E-state index in [1.54, 1.807) is 6.33 Å². The number of aryl methyl sites for hydroxylation is 1. The van der Waals surface area contributed by atoms with E-state index < -0.39 is 0 Å². The lowest BCUT2D eigenvalue weighted by atomic mass is 10.1. The van der Waals surface area contributed by atoms with Crippen LogP contribution in [0, 0.1) is 6.92 Å². The van der Waals surface area contributed by atoms with Crippen molar-refractivity contribution in [2.45, 2.75) is 13.8 Å². The summed E-state index contributed by atoms with van der Waals surface area (Å²) in [6.07, 6.45) is 5.90. The molecule has 2 rings (SSSR count). The van der Waals surface area contributed by atoms with Gasteiger partial charge in [0, 0.05) is 18.7 Å². The molecule has 1 aliphatic rings. The summed E-state index contributed by atoms with van der Waals surface area (Å²) in [5.41, 5.74) is 2.22. The van der Waals surface area contributed by atoms with Gasteiger partial charge in [-0.25, -0.2) is 9.97 Å². The van der Waals surface area contributed by atoms with Gasteiger partial charge in [-0.1, -0.05) is 12.2 Å². The molecule has 0 fully saturated rings. The average Bonchev–Trinajstić information content (AvgIpc) is 2.18. The Bertz CT molecular complexity index is 344. The Morgan fingerprint density at radius 3 is 3.08 bits per heavy atom. The lowest BCUT2D eigenvalue weighted by molar-refractivity contribution is 0.861. The second-order valence-corrected chi connectivity index (χ2v) is 3.14. The minimum Gasteiger partial charge on any atom is -0.353 e. The fraction of sp³-hybridized carbons (Fsp3) is 0.400. The summed E-state index contributed by atoms with van der Waals surface area (Å²) < 4.78 is 0. The van der Waals surface area contributed by atoms with Crippen LogP contribution in [0.1, 0.15) is 18.2 Å². The van der Waals surface area contributed by atoms with E-state index in [0.29, 0.717) is 0 Å². The topological polar surface area (TPSA) is 29.0 Å². The van der Waals surface area contributed by atoms with Crippen LogP contribution in [-0.2, 0) is 0 Å². The fourth-order valence-corrected chi connectivity index (χ4v) is 1.58. The van der Waals surface area contributed by atoms with Crippen molar-refractivity contribution < 1.29 is 0 Å². The smallest absolute Gasteiger partial charge is 0.139 e. The Morgan fingerprint density at radius 2 is 2.31 bits per heavy atom. The largest absolute Gasteiger partial charge is 0.353 e. The van der Waals surface area contributed by atoms with E-state index in [2.05, 4.69) is 33.9 Å². The standard InChI is InChI=1S/C10H13N3/c1-3-13-6-4-5-9-8(2)11-7-12-10(9)13/h4-5,7H,3,6H2,1-2H3. The van der Waals surface area contributed by atoms with E-state index in [-0.39, 0.29) is 0 Å². The highest BCUT2D eigenvalue weighted by atomic mass is 15.2. The van der Waals surface area contributed by atoms with Crippen LogP contribution in [-0.4, -0.2) is 23.1 Å². The highest BCUT2D eigenvalue weighted by Crippen LogP contribution is 2.23. The summed E-state index contributed by atoms with van der Waals surface area (Å²) in [5.74, 6) is 1.07. The maximum atomic E-state index is 4.30. The molecule has 68 valence electrons. The van der Waals surface area contributed by atoms with Gasteiger partial charge in [0.15, 0.2) is 0 Å². The van der Waals surface area contributed by atoms with Crippen molar-refractivity contribution in [1.82, 2.24) is 9.97 Å². The average molecular weight is 175 g/mol. The highest BCUT2D eigenvalue weighted by Gasteiger charge is 2.14. The van der Waals surface area contributed by atoms with Crippen molar-refractivity contribution in [1.29, 1.82) is 0 Å². The summed E-state index contributed by atoms with van der Waals surface area (Å²) >= 11 is 0. The Kier molecular flexibility index (Phi) is 2.00. The van der Waals surface area contributed by atoms with E-state index in [4.69, 9.17) is 0 Å². The van der Waals surface area contributed by atoms with Gasteiger partial charge in [0.25, 0.3) is 0 Å². The predicted octanol–water partition coefficient (Wildman–Crippen LogP) is 1.64. The maximum absolute atomic E-state index is 4.30. The van der Waals surface area contributed by atoms with Crippen LogP contribution >= 0.6 is 0 Å². The van der Waals surface area contributed by atoms with Gasteiger partial charge in [-0.2, -0.15) is 0 Å². The van der Waals surface area contributed by atoms with Crippen molar-refractivity contribution in [2.24, 2.45) is 0 Å². The lowest BCUT2D eigenvalue weighted by Crippen LogP contribution is -2.27. The number of nitrogens with zero attached hydrogens (tertiary/aromatic N) is 3. The molecular weight excluding hydrogens is 162 g/mol. The summed E-state index contributed by atoms with van der Waals surface area (Å²) in [7, 11) is 0. The fourth-order valence-electron chi connectivity index (χ4n) is 1.58. The molecule has 0 saturated heterocycles. The van der Waals surface area contributed by atoms with E-state index in [1.807, 2.05) is 6.92 Å². The summed E-state index contributed by atoms with van der Waals surface area (Å²) in [6, 6.07) is 0. The van der Waals surface area contributed by atoms with E-state index in [1.165, 1.54) is 0 Å². The third-order valence-electron chi connectivity index (χ3n) is 2.35. The molecule has 0 spiro atoms. The molecule has 0 bridgehead atoms. The molecule has 0 unspecified atom stereocenters. The monoisotopic (exact) mass is 175 g/mol. The van der Waals surface area contributed by atoms with Gasteiger partial charge >= 0.3 is 0 Å². The van der Waals surface area contributed by atoms with Gasteiger partial charge < -0.3 is 4.90 Å². The minimum absolute atomic E-state index is 0.958. The van der Waals surface area contributed by atoms with Crippen LogP contribution in [0.2, 0.25) is 0 Å². The first-order valence-corrected chi connectivity index (χ1v) is 4.56. The maximum Gasteiger partial charge on any atom is 0.139 e. The molecule has 3 nitrogen and oxygen atoms in total. The highest BCUT2D eigenvalue weighted by molar-refractivity contribution is 5.69. The minimum atomic E-state index is 0.958. The second kappa shape index (κ2) is 3.17. The molecule has 0 saturated carbocycles. The molecule has 0 amide bonds. The van der Waals surface area contributed by atoms with Crippen molar-refractivity contribution >= 4 is 11.9 Å². The van der Waals surface area contributed by atoms with Crippen molar-refractivity contribution in [3.05, 3.63) is 23.7 Å². The zero-order valence-electron chi connectivity index (χ0n) is 7.99. The van der Waals surface area contributed by atoms with Gasteiger partial charge in [0.2, 0.25) is 0 Å². The van der Waals surface area contributed by atoms with Gasteiger partial charge in [-0.15, -0.1) is 0 Å². The third-order valence-corrected chi connectivity index (χ3v) is 2.35. The van der Waals surface area contributed by atoms with Crippen molar-refractivity contribution in [3.63, 3.8) is 0 Å². The number of hydrogen-bond acceptors (Lipinski definition) is 3. The summed E-state index contributed by atoms with van der Waals surface area (Å²) in [5, 5.41) is 0. The van der Waals surface area contributed by atoms with Crippen LogP contribution in [0.3, 0.4) is 0 Å². The van der Waals surface area contributed by atoms with E-state index in [0.717, 1.165) is 30.2 Å². The number of aromatic nitrogens is 2. The first kappa shape index (κ1) is 8.23. The quantitative estimate of drug-likeness (QED) is 0.649. The molecule has 1 aromatic rings. The van der Waals surface area contributed by atoms with Crippen molar-refractivity contribution in [3.8, 4) is 0 Å². The van der Waals surface area contributed by atoms with E-state index in [9.17, 15) is 0 Å². The summed E-state index contributed by atoms with van der Waals surface area (Å²) in [6.45, 7) is 6.11. The number of hydrogen-bond donors (Lipinski definition) is 0. The second-order valence-electron chi connectivity index (χ2n) is 3.14. The predicted molar refractivity (Wildman–Crippen MR) is 53.7 cm³/mol. The van der Waals surface area contributed by atoms with Gasteiger partial charge in [0.1, 0.15) is 12.1 Å². The first-order valence-electron chi connectivity index (χ1n) is 4.56. The zero-order valence-corrected chi connectivity index (χ0v) is 7.99. The number of anilines is 1. The number of fused-ring (bicyclic) bond motifs is 1. The molecular formula is C10H13N3. The molecule has 13 heavy (non-hydrogen) atoms. The Morgan fingerprint density at radius 1 is 1.46 bits per heavy atom. The van der Waals surface area contributed by atoms with Crippen LogP contribution < -0.4 is 4.90 Å².